The first-order valence-electron chi connectivity index (χ1n) is 7.95. The molecule has 9 heteroatoms. The molecule has 0 unspecified atom stereocenters. The molecule has 140 valence electrons. The molecule has 1 heterocycles. The fourth-order valence-electron chi connectivity index (χ4n) is 2.36. The number of nitriles is 1. The van der Waals surface area contributed by atoms with Crippen LogP contribution in [0.5, 0.6) is 0 Å². The van der Waals surface area contributed by atoms with E-state index in [0.717, 1.165) is 12.1 Å². The summed E-state index contributed by atoms with van der Waals surface area (Å²) < 4.78 is 40.3. The molecule has 0 aliphatic rings. The molecule has 0 saturated heterocycles. The zero-order valence-corrected chi connectivity index (χ0v) is 14.4. The number of aryl methyl sites for hydroxylation is 1. The summed E-state index contributed by atoms with van der Waals surface area (Å²) in [5, 5.41) is 14.1. The second kappa shape index (κ2) is 7.75. The molecule has 0 bridgehead atoms. The van der Waals surface area contributed by atoms with E-state index in [4.69, 9.17) is 5.26 Å². The molecule has 0 saturated carbocycles. The Hall–Kier alpha value is -3.93. The van der Waals surface area contributed by atoms with Gasteiger partial charge in [-0.3, -0.25) is 4.79 Å². The lowest BCUT2D eigenvalue weighted by Gasteiger charge is -2.10. The third-order valence-electron chi connectivity index (χ3n) is 3.66. The van der Waals surface area contributed by atoms with Crippen LogP contribution in [-0.2, 0) is 0 Å². The molecule has 2 N–H and O–H groups in total. The number of anilines is 3. The van der Waals surface area contributed by atoms with E-state index in [9.17, 15) is 18.0 Å². The highest BCUT2D eigenvalue weighted by molar-refractivity contribution is 6.03. The van der Waals surface area contributed by atoms with Gasteiger partial charge in [-0.25, -0.2) is 23.1 Å². The van der Waals surface area contributed by atoms with Crippen LogP contribution in [0.2, 0.25) is 0 Å². The Morgan fingerprint density at radius 3 is 2.54 bits per heavy atom. The van der Waals surface area contributed by atoms with E-state index in [1.54, 1.807) is 31.2 Å². The molecule has 3 aromatic rings. The maximum absolute atomic E-state index is 13.8. The van der Waals surface area contributed by atoms with Crippen molar-refractivity contribution in [1.29, 1.82) is 5.26 Å². The molecule has 1 aromatic heterocycles. The van der Waals surface area contributed by atoms with Crippen molar-refractivity contribution in [3.05, 3.63) is 76.9 Å². The molecular formula is C19H12F3N5O. The Kier molecular flexibility index (Phi) is 5.22. The highest BCUT2D eigenvalue weighted by atomic mass is 19.2. The molecule has 0 radical (unpaired) electrons. The topological polar surface area (TPSA) is 90.7 Å². The Bertz CT molecular complexity index is 1110. The van der Waals surface area contributed by atoms with Gasteiger partial charge in [0.05, 0.1) is 16.9 Å². The molecule has 3 rings (SSSR count). The first kappa shape index (κ1) is 18.8. The van der Waals surface area contributed by atoms with Gasteiger partial charge >= 0.3 is 0 Å². The first-order chi connectivity index (χ1) is 13.4. The predicted molar refractivity (Wildman–Crippen MR) is 95.5 cm³/mol. The molecule has 0 aliphatic carbocycles. The number of nitrogens with one attached hydrogen (secondary N) is 2. The average molecular weight is 383 g/mol. The van der Waals surface area contributed by atoms with Gasteiger partial charge in [0.2, 0.25) is 5.95 Å². The van der Waals surface area contributed by atoms with E-state index in [1.165, 1.54) is 6.07 Å². The number of halogens is 3. The van der Waals surface area contributed by atoms with Gasteiger partial charge in [-0.2, -0.15) is 5.26 Å². The van der Waals surface area contributed by atoms with Gasteiger partial charge in [0, 0.05) is 5.69 Å². The van der Waals surface area contributed by atoms with Crippen LogP contribution >= 0.6 is 0 Å². The second-order valence-corrected chi connectivity index (χ2v) is 5.68. The van der Waals surface area contributed by atoms with E-state index in [2.05, 4.69) is 20.6 Å². The number of amides is 1. The van der Waals surface area contributed by atoms with Crippen molar-refractivity contribution in [2.24, 2.45) is 0 Å². The number of hydrogen-bond donors (Lipinski definition) is 2. The number of rotatable bonds is 4. The van der Waals surface area contributed by atoms with E-state index in [-0.39, 0.29) is 22.9 Å². The van der Waals surface area contributed by atoms with Gasteiger partial charge in [-0.15, -0.1) is 0 Å². The van der Waals surface area contributed by atoms with Crippen LogP contribution in [0, 0.1) is 35.7 Å². The highest BCUT2D eigenvalue weighted by Crippen LogP contribution is 2.22. The van der Waals surface area contributed by atoms with Crippen molar-refractivity contribution in [3.8, 4) is 6.07 Å². The Morgan fingerprint density at radius 1 is 1.04 bits per heavy atom. The minimum atomic E-state index is -1.64. The minimum Gasteiger partial charge on any atom is -0.322 e. The number of hydrogen-bond acceptors (Lipinski definition) is 5. The van der Waals surface area contributed by atoms with Crippen molar-refractivity contribution < 1.29 is 18.0 Å². The quantitative estimate of drug-likeness (QED) is 0.663. The molecule has 6 nitrogen and oxygen atoms in total. The smallest absolute Gasteiger partial charge is 0.274 e. The lowest BCUT2D eigenvalue weighted by Crippen LogP contribution is -2.16. The molecule has 0 fully saturated rings. The number of aromatic nitrogens is 2. The number of para-hydroxylation sites is 1. The normalized spacial score (nSPS) is 10.2. The zero-order valence-electron chi connectivity index (χ0n) is 14.4. The van der Waals surface area contributed by atoms with Crippen molar-refractivity contribution in [2.75, 3.05) is 10.6 Å². The van der Waals surface area contributed by atoms with E-state index in [1.807, 2.05) is 6.07 Å². The SMILES string of the molecule is Cc1cc(C(=O)Nc2ccccc2C#N)nc(Nc2ccc(F)c(F)c2F)n1. The third kappa shape index (κ3) is 3.91. The van der Waals surface area contributed by atoms with E-state index < -0.39 is 23.4 Å². The van der Waals surface area contributed by atoms with Gasteiger partial charge in [-0.05, 0) is 37.3 Å². The van der Waals surface area contributed by atoms with Gasteiger partial charge in [-0.1, -0.05) is 12.1 Å². The minimum absolute atomic E-state index is 0.0641. The highest BCUT2D eigenvalue weighted by Gasteiger charge is 2.16. The number of benzene rings is 2. The summed E-state index contributed by atoms with van der Waals surface area (Å²) in [6, 6.07) is 11.5. The number of carbonyl (C=O) groups is 1. The van der Waals surface area contributed by atoms with Crippen LogP contribution in [0.3, 0.4) is 0 Å². The van der Waals surface area contributed by atoms with Crippen molar-refractivity contribution >= 4 is 23.2 Å². The summed E-state index contributed by atoms with van der Waals surface area (Å²) in [7, 11) is 0. The standard InChI is InChI=1S/C19H12F3N5O/c1-10-8-15(18(28)25-13-5-3-2-4-11(13)9-23)27-19(24-10)26-14-7-6-12(20)16(21)17(14)22/h2-8H,1H3,(H,25,28)(H,24,26,27). The lowest BCUT2D eigenvalue weighted by atomic mass is 10.2. The van der Waals surface area contributed by atoms with E-state index in [0.29, 0.717) is 11.4 Å². The Morgan fingerprint density at radius 2 is 1.79 bits per heavy atom. The van der Waals surface area contributed by atoms with Crippen molar-refractivity contribution in [3.63, 3.8) is 0 Å². The van der Waals surface area contributed by atoms with Crippen LogP contribution in [0.1, 0.15) is 21.7 Å². The van der Waals surface area contributed by atoms with Crippen LogP contribution in [0.4, 0.5) is 30.5 Å². The summed E-state index contributed by atoms with van der Waals surface area (Å²) >= 11 is 0. The van der Waals surface area contributed by atoms with Gasteiger partial charge < -0.3 is 10.6 Å². The molecule has 2 aromatic carbocycles. The van der Waals surface area contributed by atoms with Crippen LogP contribution in [0.15, 0.2) is 42.5 Å². The summed E-state index contributed by atoms with van der Waals surface area (Å²) in [5.41, 5.74) is 0.492. The second-order valence-electron chi connectivity index (χ2n) is 5.68. The molecular weight excluding hydrogens is 371 g/mol. The van der Waals surface area contributed by atoms with Crippen LogP contribution in [0.25, 0.3) is 0 Å². The summed E-state index contributed by atoms with van der Waals surface area (Å²) in [6.07, 6.45) is 0. The summed E-state index contributed by atoms with van der Waals surface area (Å²) in [6.45, 7) is 1.58. The molecule has 0 aliphatic heterocycles. The average Bonchev–Trinajstić information content (AvgIpc) is 2.68. The lowest BCUT2D eigenvalue weighted by molar-refractivity contribution is 0.102. The molecule has 0 atom stereocenters. The molecule has 1 amide bonds. The van der Waals surface area contributed by atoms with Crippen LogP contribution in [-0.4, -0.2) is 15.9 Å². The maximum Gasteiger partial charge on any atom is 0.274 e. The molecule has 28 heavy (non-hydrogen) atoms. The zero-order chi connectivity index (χ0) is 20.3. The number of carbonyl (C=O) groups excluding carboxylic acids is 1. The summed E-state index contributed by atoms with van der Waals surface area (Å²) in [5.74, 6) is -5.20. The van der Waals surface area contributed by atoms with Gasteiger partial charge in [0.15, 0.2) is 17.5 Å². The monoisotopic (exact) mass is 383 g/mol. The Balaban J connectivity index is 1.88. The number of nitrogens with zero attached hydrogens (tertiary/aromatic N) is 3. The van der Waals surface area contributed by atoms with Crippen molar-refractivity contribution in [2.45, 2.75) is 6.92 Å². The fraction of sp³-hybridized carbons (Fsp3) is 0.0526. The Labute approximate surface area is 157 Å². The maximum atomic E-state index is 13.8. The fourth-order valence-corrected chi connectivity index (χ4v) is 2.36. The van der Waals surface area contributed by atoms with Gasteiger partial charge in [0.25, 0.3) is 5.91 Å². The molecule has 0 spiro atoms. The third-order valence-corrected chi connectivity index (χ3v) is 3.66. The predicted octanol–water partition coefficient (Wildman–Crippen LogP) is 4.07. The van der Waals surface area contributed by atoms with E-state index >= 15 is 0 Å². The summed E-state index contributed by atoms with van der Waals surface area (Å²) in [4.78, 5) is 20.5. The first-order valence-corrected chi connectivity index (χ1v) is 7.95. The van der Waals surface area contributed by atoms with Gasteiger partial charge in [0.1, 0.15) is 11.8 Å². The van der Waals surface area contributed by atoms with Crippen molar-refractivity contribution in [1.82, 2.24) is 9.97 Å². The largest absolute Gasteiger partial charge is 0.322 e. The van der Waals surface area contributed by atoms with Crippen LogP contribution < -0.4 is 10.6 Å².